The van der Waals surface area contributed by atoms with Crippen molar-refractivity contribution in [2.45, 2.75) is 38.2 Å². The normalized spacial score (nSPS) is 20.2. The second kappa shape index (κ2) is 14.2. The highest BCUT2D eigenvalue weighted by molar-refractivity contribution is 5.73. The number of rotatable bonds is 4. The highest BCUT2D eigenvalue weighted by Gasteiger charge is 2.38. The zero-order valence-electron chi connectivity index (χ0n) is 18.3. The molecule has 0 amide bonds. The maximum absolute atomic E-state index is 10.6. The molecule has 0 bridgehead atoms. The third-order valence-electron chi connectivity index (χ3n) is 4.88. The van der Waals surface area contributed by atoms with Crippen LogP contribution >= 0.6 is 0 Å². The Hall–Kier alpha value is -2.32. The van der Waals surface area contributed by atoms with Gasteiger partial charge in [-0.15, -0.1) is 0 Å². The lowest BCUT2D eigenvalue weighted by Crippen LogP contribution is -2.41. The summed E-state index contributed by atoms with van der Waals surface area (Å²) in [4.78, 5) is 22.9. The number of furan rings is 1. The summed E-state index contributed by atoms with van der Waals surface area (Å²) in [7, 11) is 0. The van der Waals surface area contributed by atoms with E-state index in [1.807, 2.05) is 6.07 Å². The molecule has 2 aliphatic heterocycles. The van der Waals surface area contributed by atoms with Crippen LogP contribution in [0, 0.1) is 5.92 Å². The summed E-state index contributed by atoms with van der Waals surface area (Å²) in [6.07, 6.45) is -4.53. The maximum Gasteiger partial charge on any atom is 0.490 e. The van der Waals surface area contributed by atoms with Crippen LogP contribution in [0.1, 0.15) is 25.0 Å². The van der Waals surface area contributed by atoms with Crippen molar-refractivity contribution in [3.63, 3.8) is 0 Å². The number of piperidine rings is 1. The molecule has 196 valence electrons. The third-order valence-corrected chi connectivity index (χ3v) is 4.88. The van der Waals surface area contributed by atoms with Gasteiger partial charge in [0.05, 0.1) is 19.4 Å². The lowest BCUT2D eigenvalue weighted by Gasteiger charge is -2.34. The van der Waals surface area contributed by atoms with Crippen LogP contribution in [-0.2, 0) is 20.9 Å². The topological polar surface area (TPSA) is 103 Å². The highest BCUT2D eigenvalue weighted by atomic mass is 19.4. The minimum atomic E-state index is -5.08. The third kappa shape index (κ3) is 12.8. The van der Waals surface area contributed by atoms with Crippen molar-refractivity contribution in [2.24, 2.45) is 5.92 Å². The minimum absolute atomic E-state index is 0.803. The molecule has 1 unspecified atom stereocenters. The lowest BCUT2D eigenvalue weighted by molar-refractivity contribution is -0.193. The van der Waals surface area contributed by atoms with Crippen LogP contribution in [0.3, 0.4) is 0 Å². The number of carboxylic acid groups (broad SMARTS) is 2. The first kappa shape index (κ1) is 29.7. The van der Waals surface area contributed by atoms with E-state index < -0.39 is 24.3 Å². The molecule has 3 heterocycles. The first-order chi connectivity index (χ1) is 15.8. The summed E-state index contributed by atoms with van der Waals surface area (Å²) in [5.41, 5.74) is 0. The number of hydrogen-bond acceptors (Lipinski definition) is 6. The van der Waals surface area contributed by atoms with Gasteiger partial charge in [-0.1, -0.05) is 0 Å². The molecule has 2 N–H and O–H groups in total. The van der Waals surface area contributed by atoms with Gasteiger partial charge >= 0.3 is 24.3 Å². The standard InChI is InChI=1S/C16H26N2O2.2C2HF3O2/c1-4-15(12-17-7-3-9-19-11-8-17)13-18(6-1)14-16-5-2-10-20-16;2*3-2(4,5)1(6)7/h2,5,10,15H,1,3-4,6-9,11-14H2;2*(H,6,7). The van der Waals surface area contributed by atoms with E-state index in [1.165, 1.54) is 45.4 Å². The Kier molecular flexibility index (Phi) is 12.4. The van der Waals surface area contributed by atoms with E-state index in [0.29, 0.717) is 0 Å². The van der Waals surface area contributed by atoms with Gasteiger partial charge in [0.2, 0.25) is 0 Å². The van der Waals surface area contributed by atoms with Crippen LogP contribution in [0.15, 0.2) is 22.8 Å². The van der Waals surface area contributed by atoms with Crippen LogP contribution in [0.4, 0.5) is 26.3 Å². The van der Waals surface area contributed by atoms with Gasteiger partial charge in [-0.2, -0.15) is 26.3 Å². The average molecular weight is 506 g/mol. The second-order valence-corrected chi connectivity index (χ2v) is 7.70. The molecular formula is C20H28F6N2O6. The Morgan fingerprint density at radius 2 is 1.53 bits per heavy atom. The van der Waals surface area contributed by atoms with Gasteiger partial charge in [0.25, 0.3) is 0 Å². The largest absolute Gasteiger partial charge is 0.490 e. The van der Waals surface area contributed by atoms with Crippen molar-refractivity contribution >= 4 is 11.9 Å². The SMILES string of the molecule is O=C(O)C(F)(F)F.O=C(O)C(F)(F)F.c1coc(CN2CCCC(CN3CCCOCC3)C2)c1. The summed E-state index contributed by atoms with van der Waals surface area (Å²) < 4.78 is 74.5. The highest BCUT2D eigenvalue weighted by Crippen LogP contribution is 2.20. The van der Waals surface area contributed by atoms with E-state index in [1.54, 1.807) is 6.26 Å². The van der Waals surface area contributed by atoms with Crippen LogP contribution in [0.5, 0.6) is 0 Å². The van der Waals surface area contributed by atoms with Crippen molar-refractivity contribution in [1.29, 1.82) is 0 Å². The molecule has 1 atom stereocenters. The molecular weight excluding hydrogens is 478 g/mol. The number of aliphatic carboxylic acids is 2. The van der Waals surface area contributed by atoms with Gasteiger partial charge in [-0.25, -0.2) is 9.59 Å². The first-order valence-corrected chi connectivity index (χ1v) is 10.4. The molecule has 8 nitrogen and oxygen atoms in total. The number of hydrogen-bond donors (Lipinski definition) is 2. The number of alkyl halides is 6. The number of likely N-dealkylation sites (tertiary alicyclic amines) is 1. The Balaban J connectivity index is 0.000000343. The Morgan fingerprint density at radius 1 is 0.941 bits per heavy atom. The number of nitrogens with zero attached hydrogens (tertiary/aromatic N) is 2. The molecule has 2 saturated heterocycles. The van der Waals surface area contributed by atoms with Gasteiger partial charge in [-0.3, -0.25) is 4.90 Å². The summed E-state index contributed by atoms with van der Waals surface area (Å²) in [6, 6.07) is 4.06. The van der Waals surface area contributed by atoms with E-state index >= 15 is 0 Å². The van der Waals surface area contributed by atoms with Gasteiger partial charge in [0.15, 0.2) is 0 Å². The molecule has 1 aromatic rings. The monoisotopic (exact) mass is 506 g/mol. The zero-order valence-corrected chi connectivity index (χ0v) is 18.3. The van der Waals surface area contributed by atoms with Gasteiger partial charge in [0, 0.05) is 32.8 Å². The molecule has 14 heteroatoms. The fraction of sp³-hybridized carbons (Fsp3) is 0.700. The van der Waals surface area contributed by atoms with Crippen LogP contribution < -0.4 is 0 Å². The van der Waals surface area contributed by atoms with E-state index in [2.05, 4.69) is 15.9 Å². The summed E-state index contributed by atoms with van der Waals surface area (Å²) in [5.74, 6) is -3.62. The Labute approximate surface area is 192 Å². The van der Waals surface area contributed by atoms with Crippen molar-refractivity contribution in [1.82, 2.24) is 9.80 Å². The van der Waals surface area contributed by atoms with Crippen LogP contribution in [-0.4, -0.2) is 90.2 Å². The Bertz CT molecular complexity index is 694. The molecule has 0 saturated carbocycles. The number of ether oxygens (including phenoxy) is 1. The Morgan fingerprint density at radius 3 is 2.06 bits per heavy atom. The van der Waals surface area contributed by atoms with Crippen molar-refractivity contribution < 1.29 is 55.3 Å². The van der Waals surface area contributed by atoms with Crippen LogP contribution in [0.2, 0.25) is 0 Å². The number of carbonyl (C=O) groups is 2. The first-order valence-electron chi connectivity index (χ1n) is 10.4. The average Bonchev–Trinajstić information content (AvgIpc) is 3.10. The maximum atomic E-state index is 10.6. The lowest BCUT2D eigenvalue weighted by atomic mass is 9.97. The molecule has 2 aliphatic rings. The predicted octanol–water partition coefficient (Wildman–Crippen LogP) is 3.48. The zero-order chi connectivity index (χ0) is 25.8. The second-order valence-electron chi connectivity index (χ2n) is 7.70. The van der Waals surface area contributed by atoms with Gasteiger partial charge in [0.1, 0.15) is 5.76 Å². The smallest absolute Gasteiger partial charge is 0.475 e. The van der Waals surface area contributed by atoms with Crippen LogP contribution in [0.25, 0.3) is 0 Å². The molecule has 0 aromatic carbocycles. The molecule has 0 radical (unpaired) electrons. The van der Waals surface area contributed by atoms with E-state index in [4.69, 9.17) is 29.0 Å². The molecule has 34 heavy (non-hydrogen) atoms. The summed E-state index contributed by atoms with van der Waals surface area (Å²) >= 11 is 0. The molecule has 0 aliphatic carbocycles. The quantitative estimate of drug-likeness (QED) is 0.599. The van der Waals surface area contributed by atoms with Crippen molar-refractivity contribution in [2.75, 3.05) is 45.9 Å². The fourth-order valence-corrected chi connectivity index (χ4v) is 3.41. The summed E-state index contributed by atoms with van der Waals surface area (Å²) in [6.45, 7) is 8.76. The number of carboxylic acids is 2. The van der Waals surface area contributed by atoms with Gasteiger partial charge in [-0.05, 0) is 43.9 Å². The number of halogens is 6. The van der Waals surface area contributed by atoms with E-state index in [0.717, 1.165) is 38.0 Å². The van der Waals surface area contributed by atoms with E-state index in [-0.39, 0.29) is 0 Å². The molecule has 2 fully saturated rings. The fourth-order valence-electron chi connectivity index (χ4n) is 3.41. The van der Waals surface area contributed by atoms with Crippen molar-refractivity contribution in [3.05, 3.63) is 24.2 Å². The molecule has 1 aromatic heterocycles. The van der Waals surface area contributed by atoms with Gasteiger partial charge < -0.3 is 24.3 Å². The van der Waals surface area contributed by atoms with Crippen molar-refractivity contribution in [3.8, 4) is 0 Å². The minimum Gasteiger partial charge on any atom is -0.475 e. The molecule has 3 rings (SSSR count). The summed E-state index contributed by atoms with van der Waals surface area (Å²) in [5, 5.41) is 14.2. The predicted molar refractivity (Wildman–Crippen MR) is 106 cm³/mol. The van der Waals surface area contributed by atoms with E-state index in [9.17, 15) is 26.3 Å². The molecule has 0 spiro atoms.